The number of hydrogen-bond donors (Lipinski definition) is 4. The third-order valence-electron chi connectivity index (χ3n) is 2.02. The normalized spacial score (nSPS) is 12.3. The van der Waals surface area contributed by atoms with Crippen molar-refractivity contribution < 1.29 is 22.6 Å². The minimum absolute atomic E-state index is 0.464. The first-order valence-corrected chi connectivity index (χ1v) is 6.55. The van der Waals surface area contributed by atoms with E-state index in [4.69, 9.17) is 23.3 Å². The Morgan fingerprint density at radius 2 is 1.67 bits per heavy atom. The maximum Gasteiger partial charge on any atom is 0.394 e. The molecule has 1 rings (SSSR count). The molecule has 0 aliphatic rings. The number of nitrogens with zero attached hydrogens (tertiary/aromatic N) is 1. The van der Waals surface area contributed by atoms with Crippen molar-refractivity contribution in [2.24, 2.45) is 0 Å². The summed E-state index contributed by atoms with van der Waals surface area (Å²) in [7, 11) is -4.67. The molecule has 0 amide bonds. The van der Waals surface area contributed by atoms with Gasteiger partial charge in [0.1, 0.15) is 6.23 Å². The van der Waals surface area contributed by atoms with Crippen LogP contribution in [-0.4, -0.2) is 35.4 Å². The van der Waals surface area contributed by atoms with E-state index < -0.39 is 16.6 Å². The van der Waals surface area contributed by atoms with Crippen LogP contribution in [0.15, 0.2) is 24.3 Å². The smallest absolute Gasteiger partial charge is 0.394 e. The van der Waals surface area contributed by atoms with Gasteiger partial charge in [-0.3, -0.25) is 9.11 Å². The molecule has 0 spiro atoms. The molecule has 104 valence electrons. The topological polar surface area (TPSA) is 124 Å². The van der Waals surface area contributed by atoms with Crippen LogP contribution in [0.4, 0.5) is 11.4 Å². The Morgan fingerprint density at radius 3 is 1.94 bits per heavy atom. The second kappa shape index (κ2) is 7.17. The van der Waals surface area contributed by atoms with Crippen molar-refractivity contribution in [3.63, 3.8) is 0 Å². The number of nitrogens with two attached hydrogens (primary N) is 1. The van der Waals surface area contributed by atoms with Crippen LogP contribution in [0.2, 0.25) is 0 Å². The lowest BCUT2D eigenvalue weighted by Gasteiger charge is -2.26. The van der Waals surface area contributed by atoms with E-state index in [2.05, 4.69) is 0 Å². The Bertz CT molecular complexity index is 436. The number of nitrogen functional groups attached to an aromatic ring is 1. The maximum atomic E-state index is 9.43. The number of rotatable bonds is 3. The van der Waals surface area contributed by atoms with Crippen LogP contribution in [0.3, 0.4) is 0 Å². The maximum absolute atomic E-state index is 9.43. The first kappa shape index (κ1) is 16.6. The Kier molecular flexibility index (Phi) is 6.63. The molecule has 18 heavy (non-hydrogen) atoms. The Labute approximate surface area is 106 Å². The van der Waals surface area contributed by atoms with Gasteiger partial charge in [0.2, 0.25) is 0 Å². The molecule has 0 saturated carbocycles. The van der Waals surface area contributed by atoms with Gasteiger partial charge in [-0.1, -0.05) is 0 Å². The lowest BCUT2D eigenvalue weighted by Crippen LogP contribution is -2.32. The predicted molar refractivity (Wildman–Crippen MR) is 69.7 cm³/mol. The molecule has 0 fully saturated rings. The van der Waals surface area contributed by atoms with Gasteiger partial charge in [0.05, 0.1) is 0 Å². The van der Waals surface area contributed by atoms with Crippen molar-refractivity contribution in [3.8, 4) is 0 Å². The molecule has 0 aliphatic heterocycles. The fourth-order valence-corrected chi connectivity index (χ4v) is 1.33. The van der Waals surface area contributed by atoms with Crippen molar-refractivity contribution in [2.45, 2.75) is 20.1 Å². The summed E-state index contributed by atoms with van der Waals surface area (Å²) in [6.07, 6.45) is -0.464. The lowest BCUT2D eigenvalue weighted by atomic mass is 10.2. The van der Waals surface area contributed by atoms with Crippen LogP contribution in [-0.2, 0) is 10.4 Å². The van der Waals surface area contributed by atoms with Gasteiger partial charge in [-0.2, -0.15) is 8.42 Å². The minimum Gasteiger partial charge on any atom is -0.399 e. The SMILES string of the molecule is CCN(c1ccc(N)cc1)C(C)O.O=S(=O)(O)O. The van der Waals surface area contributed by atoms with Gasteiger partial charge < -0.3 is 15.7 Å². The van der Waals surface area contributed by atoms with Gasteiger partial charge in [-0.15, -0.1) is 0 Å². The molecule has 0 bridgehead atoms. The molecule has 0 heterocycles. The van der Waals surface area contributed by atoms with Gasteiger partial charge in [0.15, 0.2) is 0 Å². The molecule has 1 unspecified atom stereocenters. The zero-order valence-corrected chi connectivity index (χ0v) is 11.0. The fraction of sp³-hybridized carbons (Fsp3) is 0.400. The molecule has 1 atom stereocenters. The summed E-state index contributed by atoms with van der Waals surface area (Å²) in [6.45, 7) is 4.53. The summed E-state index contributed by atoms with van der Waals surface area (Å²) in [6, 6.07) is 7.48. The summed E-state index contributed by atoms with van der Waals surface area (Å²) in [5.41, 5.74) is 7.30. The average molecular weight is 278 g/mol. The first-order valence-electron chi connectivity index (χ1n) is 5.15. The average Bonchev–Trinajstić information content (AvgIpc) is 2.19. The lowest BCUT2D eigenvalue weighted by molar-refractivity contribution is 0.190. The molecule has 8 heteroatoms. The molecule has 1 aromatic carbocycles. The van der Waals surface area contributed by atoms with E-state index in [1.807, 2.05) is 36.1 Å². The summed E-state index contributed by atoms with van der Waals surface area (Å²) >= 11 is 0. The van der Waals surface area contributed by atoms with E-state index in [0.717, 1.165) is 17.9 Å². The van der Waals surface area contributed by atoms with E-state index in [1.165, 1.54) is 0 Å². The van der Waals surface area contributed by atoms with E-state index in [1.54, 1.807) is 6.92 Å². The van der Waals surface area contributed by atoms with Crippen molar-refractivity contribution in [2.75, 3.05) is 17.2 Å². The number of aliphatic hydroxyl groups is 1. The van der Waals surface area contributed by atoms with E-state index in [9.17, 15) is 5.11 Å². The molecular formula is C10H18N2O5S. The molecule has 1 aromatic rings. The quantitative estimate of drug-likeness (QED) is 0.366. The summed E-state index contributed by atoms with van der Waals surface area (Å²) in [4.78, 5) is 1.89. The first-order chi connectivity index (χ1) is 8.15. The third-order valence-corrected chi connectivity index (χ3v) is 2.02. The summed E-state index contributed by atoms with van der Waals surface area (Å²) in [5, 5.41) is 9.43. The van der Waals surface area contributed by atoms with Crippen LogP contribution < -0.4 is 10.6 Å². The third kappa shape index (κ3) is 7.85. The van der Waals surface area contributed by atoms with Crippen LogP contribution in [0, 0.1) is 0 Å². The summed E-state index contributed by atoms with van der Waals surface area (Å²) in [5.74, 6) is 0. The fourth-order valence-electron chi connectivity index (χ4n) is 1.33. The number of anilines is 2. The second-order valence-corrected chi connectivity index (χ2v) is 4.35. The zero-order chi connectivity index (χ0) is 14.3. The predicted octanol–water partition coefficient (Wildman–Crippen LogP) is 0.781. The monoisotopic (exact) mass is 278 g/mol. The Morgan fingerprint density at radius 1 is 1.28 bits per heavy atom. The van der Waals surface area contributed by atoms with Crippen LogP contribution in [0.25, 0.3) is 0 Å². The van der Waals surface area contributed by atoms with Crippen LogP contribution in [0.1, 0.15) is 13.8 Å². The second-order valence-electron chi connectivity index (χ2n) is 3.46. The molecule has 0 radical (unpaired) electrons. The van der Waals surface area contributed by atoms with E-state index in [-0.39, 0.29) is 0 Å². The standard InChI is InChI=1S/C10H16N2O.H2O4S/c1-3-12(8(2)13)10-6-4-9(11)5-7-10;1-5(2,3)4/h4-8,13H,3,11H2,1-2H3;(H2,1,2,3,4). The highest BCUT2D eigenvalue weighted by molar-refractivity contribution is 7.79. The highest BCUT2D eigenvalue weighted by atomic mass is 32.3. The Hall–Kier alpha value is -1.35. The number of hydrogen-bond acceptors (Lipinski definition) is 5. The van der Waals surface area contributed by atoms with Gasteiger partial charge in [-0.05, 0) is 38.1 Å². The molecule has 0 aromatic heterocycles. The van der Waals surface area contributed by atoms with Crippen LogP contribution in [0.5, 0.6) is 0 Å². The van der Waals surface area contributed by atoms with Gasteiger partial charge in [0.25, 0.3) is 0 Å². The number of benzene rings is 1. The molecule has 0 aliphatic carbocycles. The van der Waals surface area contributed by atoms with Crippen molar-refractivity contribution in [1.29, 1.82) is 0 Å². The van der Waals surface area contributed by atoms with Crippen molar-refractivity contribution in [1.82, 2.24) is 0 Å². The molecule has 7 nitrogen and oxygen atoms in total. The molecule has 5 N–H and O–H groups in total. The highest BCUT2D eigenvalue weighted by Crippen LogP contribution is 2.17. The number of aliphatic hydroxyl groups excluding tert-OH is 1. The van der Waals surface area contributed by atoms with Gasteiger partial charge >= 0.3 is 10.4 Å². The van der Waals surface area contributed by atoms with Gasteiger partial charge in [-0.25, -0.2) is 0 Å². The molecule has 0 saturated heterocycles. The minimum atomic E-state index is -4.67. The van der Waals surface area contributed by atoms with E-state index in [0.29, 0.717) is 0 Å². The van der Waals surface area contributed by atoms with Crippen molar-refractivity contribution in [3.05, 3.63) is 24.3 Å². The molecular weight excluding hydrogens is 260 g/mol. The van der Waals surface area contributed by atoms with Gasteiger partial charge in [0, 0.05) is 17.9 Å². The zero-order valence-electron chi connectivity index (χ0n) is 10.2. The van der Waals surface area contributed by atoms with E-state index >= 15 is 0 Å². The van der Waals surface area contributed by atoms with Crippen molar-refractivity contribution >= 4 is 21.8 Å². The van der Waals surface area contributed by atoms with Crippen LogP contribution >= 0.6 is 0 Å². The summed E-state index contributed by atoms with van der Waals surface area (Å²) < 4.78 is 31.6. The Balaban J connectivity index is 0.000000494. The highest BCUT2D eigenvalue weighted by Gasteiger charge is 2.08. The largest absolute Gasteiger partial charge is 0.399 e.